The van der Waals surface area contributed by atoms with Crippen molar-refractivity contribution in [3.05, 3.63) is 38.9 Å². The molecule has 1 aromatic carbocycles. The van der Waals surface area contributed by atoms with E-state index in [1.54, 1.807) is 0 Å². The number of rotatable bonds is 4. The highest BCUT2D eigenvalue weighted by Gasteiger charge is 2.32. The number of hydrogen-bond acceptors (Lipinski definition) is 5. The molecule has 2 aromatic rings. The van der Waals surface area contributed by atoms with Crippen molar-refractivity contribution in [2.24, 2.45) is 5.92 Å². The first kappa shape index (κ1) is 19.3. The highest BCUT2D eigenvalue weighted by molar-refractivity contribution is 7.89. The summed E-state index contributed by atoms with van der Waals surface area (Å²) in [6, 6.07) is 4.22. The smallest absolute Gasteiger partial charge is 0.314 e. The quantitative estimate of drug-likeness (QED) is 0.635. The SMILES string of the molecule is CC(C)NC(=O)C1CCN(S(=O)(=O)c2ccc3[nH]c(=O)c(=O)[nH]c3c2)CC1. The highest BCUT2D eigenvalue weighted by atomic mass is 32.2. The number of aromatic amines is 2. The molecule has 9 nitrogen and oxygen atoms in total. The molecule has 0 radical (unpaired) electrons. The van der Waals surface area contributed by atoms with E-state index >= 15 is 0 Å². The summed E-state index contributed by atoms with van der Waals surface area (Å²) in [4.78, 5) is 39.7. The van der Waals surface area contributed by atoms with Crippen LogP contribution in [-0.4, -0.2) is 47.7 Å². The molecule has 0 unspecified atom stereocenters. The van der Waals surface area contributed by atoms with Gasteiger partial charge in [-0.25, -0.2) is 8.42 Å². The summed E-state index contributed by atoms with van der Waals surface area (Å²) < 4.78 is 27.1. The zero-order valence-electron chi connectivity index (χ0n) is 15.1. The Kier molecular flexibility index (Phi) is 5.20. The van der Waals surface area contributed by atoms with Gasteiger partial charge in [0.1, 0.15) is 0 Å². The molecule has 0 aliphatic carbocycles. The number of piperidine rings is 1. The minimum absolute atomic E-state index is 0.0304. The van der Waals surface area contributed by atoms with Gasteiger partial charge < -0.3 is 15.3 Å². The first-order valence-corrected chi connectivity index (χ1v) is 10.2. The molecule has 10 heteroatoms. The van der Waals surface area contributed by atoms with Crippen LogP contribution in [0, 0.1) is 5.92 Å². The minimum atomic E-state index is -3.76. The first-order valence-electron chi connectivity index (χ1n) is 8.75. The summed E-state index contributed by atoms with van der Waals surface area (Å²) in [6.45, 7) is 4.26. The first-order chi connectivity index (χ1) is 12.7. The zero-order chi connectivity index (χ0) is 19.8. The van der Waals surface area contributed by atoms with E-state index in [-0.39, 0.29) is 41.4 Å². The van der Waals surface area contributed by atoms with Crippen LogP contribution < -0.4 is 16.4 Å². The molecule has 1 aliphatic heterocycles. The fourth-order valence-corrected chi connectivity index (χ4v) is 4.66. The highest BCUT2D eigenvalue weighted by Crippen LogP contribution is 2.25. The second-order valence-corrected chi connectivity index (χ2v) is 8.90. The van der Waals surface area contributed by atoms with Gasteiger partial charge in [-0.05, 0) is 44.9 Å². The second-order valence-electron chi connectivity index (χ2n) is 6.96. The maximum Gasteiger partial charge on any atom is 0.314 e. The molecular formula is C17H22N4O5S. The van der Waals surface area contributed by atoms with Crippen molar-refractivity contribution in [3.8, 4) is 0 Å². The van der Waals surface area contributed by atoms with Crippen molar-refractivity contribution in [2.45, 2.75) is 37.6 Å². The van der Waals surface area contributed by atoms with E-state index in [1.807, 2.05) is 13.8 Å². The third-order valence-electron chi connectivity index (χ3n) is 4.59. The Hall–Kier alpha value is -2.46. The number of nitrogens with one attached hydrogen (secondary N) is 3. The summed E-state index contributed by atoms with van der Waals surface area (Å²) in [6.07, 6.45) is 0.908. The van der Waals surface area contributed by atoms with Crippen LogP contribution in [0.4, 0.5) is 0 Å². The van der Waals surface area contributed by atoms with Crippen molar-refractivity contribution < 1.29 is 13.2 Å². The average molecular weight is 394 g/mol. The van der Waals surface area contributed by atoms with Gasteiger partial charge in [0.2, 0.25) is 15.9 Å². The monoisotopic (exact) mass is 394 g/mol. The van der Waals surface area contributed by atoms with Crippen molar-refractivity contribution in [1.82, 2.24) is 19.6 Å². The molecule has 1 amide bonds. The average Bonchev–Trinajstić information content (AvgIpc) is 2.62. The molecule has 1 aromatic heterocycles. The van der Waals surface area contributed by atoms with Gasteiger partial charge in [0.15, 0.2) is 0 Å². The Labute approximate surface area is 155 Å². The molecule has 0 spiro atoms. The summed E-state index contributed by atoms with van der Waals surface area (Å²) in [7, 11) is -3.76. The molecule has 0 saturated carbocycles. The molecule has 27 heavy (non-hydrogen) atoms. The molecule has 1 fully saturated rings. The Morgan fingerprint density at radius 3 is 2.30 bits per heavy atom. The fourth-order valence-electron chi connectivity index (χ4n) is 3.16. The Balaban J connectivity index is 1.80. The van der Waals surface area contributed by atoms with Crippen molar-refractivity contribution >= 4 is 27.0 Å². The molecule has 0 bridgehead atoms. The number of carbonyl (C=O) groups excluding carboxylic acids is 1. The number of aromatic nitrogens is 2. The lowest BCUT2D eigenvalue weighted by atomic mass is 9.97. The summed E-state index contributed by atoms with van der Waals surface area (Å²) >= 11 is 0. The number of fused-ring (bicyclic) bond motifs is 1. The number of hydrogen-bond donors (Lipinski definition) is 3. The molecular weight excluding hydrogens is 372 g/mol. The van der Waals surface area contributed by atoms with Gasteiger partial charge in [0.05, 0.1) is 15.9 Å². The second kappa shape index (κ2) is 7.28. The molecule has 3 N–H and O–H groups in total. The fraction of sp³-hybridized carbons (Fsp3) is 0.471. The van der Waals surface area contributed by atoms with Gasteiger partial charge >= 0.3 is 11.1 Å². The van der Waals surface area contributed by atoms with Gasteiger partial charge in [0, 0.05) is 25.0 Å². The van der Waals surface area contributed by atoms with E-state index in [2.05, 4.69) is 15.3 Å². The van der Waals surface area contributed by atoms with Crippen LogP contribution in [0.25, 0.3) is 11.0 Å². The number of H-pyrrole nitrogens is 2. The van der Waals surface area contributed by atoms with Crippen LogP contribution >= 0.6 is 0 Å². The van der Waals surface area contributed by atoms with Crippen molar-refractivity contribution in [1.29, 1.82) is 0 Å². The number of amides is 1. The lowest BCUT2D eigenvalue weighted by Crippen LogP contribution is -2.44. The predicted octanol–water partition coefficient (Wildman–Crippen LogP) is 0.142. The molecule has 0 atom stereocenters. The maximum atomic E-state index is 12.9. The Morgan fingerprint density at radius 1 is 1.11 bits per heavy atom. The predicted molar refractivity (Wildman–Crippen MR) is 100.0 cm³/mol. The number of nitrogens with zero attached hydrogens (tertiary/aromatic N) is 1. The minimum Gasteiger partial charge on any atom is -0.354 e. The summed E-state index contributed by atoms with van der Waals surface area (Å²) in [5.74, 6) is -0.244. The zero-order valence-corrected chi connectivity index (χ0v) is 15.9. The largest absolute Gasteiger partial charge is 0.354 e. The van der Waals surface area contributed by atoms with E-state index in [1.165, 1.54) is 22.5 Å². The van der Waals surface area contributed by atoms with E-state index in [0.717, 1.165) is 0 Å². The van der Waals surface area contributed by atoms with Crippen LogP contribution in [0.5, 0.6) is 0 Å². The lowest BCUT2D eigenvalue weighted by Gasteiger charge is -2.31. The molecule has 1 saturated heterocycles. The molecule has 1 aliphatic rings. The van der Waals surface area contributed by atoms with Gasteiger partial charge in [-0.15, -0.1) is 0 Å². The van der Waals surface area contributed by atoms with Crippen LogP contribution in [-0.2, 0) is 14.8 Å². The summed E-state index contributed by atoms with van der Waals surface area (Å²) in [5.41, 5.74) is -1.04. The van der Waals surface area contributed by atoms with E-state index < -0.39 is 21.1 Å². The Morgan fingerprint density at radius 2 is 1.70 bits per heavy atom. The standard InChI is InChI=1S/C17H22N4O5S/c1-10(2)18-15(22)11-5-7-21(8-6-11)27(25,26)12-3-4-13-14(9-12)20-17(24)16(23)19-13/h3-4,9-11H,5-8H2,1-2H3,(H,18,22)(H,19,23)(H,20,24). The van der Waals surface area contributed by atoms with Crippen molar-refractivity contribution in [3.63, 3.8) is 0 Å². The summed E-state index contributed by atoms with van der Waals surface area (Å²) in [5, 5.41) is 2.86. The van der Waals surface area contributed by atoms with E-state index in [9.17, 15) is 22.8 Å². The van der Waals surface area contributed by atoms with Gasteiger partial charge in [0.25, 0.3) is 0 Å². The number of carbonyl (C=O) groups is 1. The molecule has 146 valence electrons. The van der Waals surface area contributed by atoms with Crippen LogP contribution in [0.2, 0.25) is 0 Å². The lowest BCUT2D eigenvalue weighted by molar-refractivity contribution is -0.126. The maximum absolute atomic E-state index is 12.9. The van der Waals surface area contributed by atoms with Crippen LogP contribution in [0.1, 0.15) is 26.7 Å². The Bertz CT molecular complexity index is 1080. The normalized spacial score (nSPS) is 16.7. The third-order valence-corrected chi connectivity index (χ3v) is 6.48. The van der Waals surface area contributed by atoms with Gasteiger partial charge in [-0.3, -0.25) is 14.4 Å². The van der Waals surface area contributed by atoms with Gasteiger partial charge in [-0.2, -0.15) is 4.31 Å². The molecule has 2 heterocycles. The van der Waals surface area contributed by atoms with E-state index in [4.69, 9.17) is 0 Å². The number of benzene rings is 1. The molecule has 3 rings (SSSR count). The van der Waals surface area contributed by atoms with Crippen molar-refractivity contribution in [2.75, 3.05) is 13.1 Å². The van der Waals surface area contributed by atoms with Crippen LogP contribution in [0.15, 0.2) is 32.7 Å². The van der Waals surface area contributed by atoms with Gasteiger partial charge in [-0.1, -0.05) is 0 Å². The van der Waals surface area contributed by atoms with Crippen LogP contribution in [0.3, 0.4) is 0 Å². The third kappa shape index (κ3) is 3.96. The number of sulfonamides is 1. The topological polar surface area (TPSA) is 132 Å². The van der Waals surface area contributed by atoms with E-state index in [0.29, 0.717) is 18.4 Å².